The maximum Gasteiger partial charge on any atom is 0.160 e. The second kappa shape index (κ2) is 5.14. The van der Waals surface area contributed by atoms with Gasteiger partial charge in [-0.25, -0.2) is 9.97 Å². The molecule has 0 aromatic carbocycles. The molecule has 0 radical (unpaired) electrons. The van der Waals surface area contributed by atoms with E-state index in [1.807, 2.05) is 6.07 Å². The van der Waals surface area contributed by atoms with Crippen molar-refractivity contribution in [2.45, 2.75) is 51.0 Å². The van der Waals surface area contributed by atoms with Gasteiger partial charge in [-0.15, -0.1) is 11.6 Å². The Balaban J connectivity index is 2.27. The summed E-state index contributed by atoms with van der Waals surface area (Å²) in [4.78, 5) is 8.94. The van der Waals surface area contributed by atoms with Crippen molar-refractivity contribution in [3.8, 4) is 0 Å². The maximum atomic E-state index is 5.84. The van der Waals surface area contributed by atoms with Gasteiger partial charge in [0.2, 0.25) is 0 Å². The lowest BCUT2D eigenvalue weighted by atomic mass is 9.70. The zero-order valence-corrected chi connectivity index (χ0v) is 12.1. The number of alkyl halides is 1. The topological polar surface area (TPSA) is 35.0 Å². The van der Waals surface area contributed by atoms with Gasteiger partial charge in [0.15, 0.2) is 5.82 Å². The molecule has 1 fully saturated rings. The van der Waals surface area contributed by atoms with Gasteiger partial charge in [-0.2, -0.15) is 0 Å². The molecule has 0 atom stereocenters. The molecule has 18 heavy (non-hydrogen) atoms. The van der Waals surface area contributed by atoms with Gasteiger partial charge in [0, 0.05) is 13.3 Å². The highest BCUT2D eigenvalue weighted by Crippen LogP contribution is 2.45. The van der Waals surface area contributed by atoms with Crippen LogP contribution in [0, 0.1) is 5.41 Å². The minimum atomic E-state index is -0.322. The molecular formula is C14H21ClN2O. The minimum Gasteiger partial charge on any atom is -0.370 e. The first-order valence-electron chi connectivity index (χ1n) is 6.45. The highest BCUT2D eigenvalue weighted by Gasteiger charge is 2.41. The van der Waals surface area contributed by atoms with E-state index in [2.05, 4.69) is 23.8 Å². The predicted octanol–water partition coefficient (Wildman–Crippen LogP) is 3.66. The van der Waals surface area contributed by atoms with E-state index in [9.17, 15) is 0 Å². The average Bonchev–Trinajstić information content (AvgIpc) is 2.39. The van der Waals surface area contributed by atoms with E-state index in [1.165, 1.54) is 0 Å². The molecule has 0 N–H and O–H groups in total. The molecule has 1 aliphatic rings. The summed E-state index contributed by atoms with van der Waals surface area (Å²) in [5, 5.41) is 0. The Morgan fingerprint density at radius 3 is 2.50 bits per heavy atom. The van der Waals surface area contributed by atoms with Crippen LogP contribution in [-0.2, 0) is 16.2 Å². The number of ether oxygens (including phenoxy) is 1. The van der Waals surface area contributed by atoms with Crippen LogP contribution < -0.4 is 0 Å². The lowest BCUT2D eigenvalue weighted by molar-refractivity contribution is -0.0730. The van der Waals surface area contributed by atoms with E-state index in [0.717, 1.165) is 37.2 Å². The third-order valence-electron chi connectivity index (χ3n) is 4.06. The van der Waals surface area contributed by atoms with E-state index in [0.29, 0.717) is 11.3 Å². The highest BCUT2D eigenvalue weighted by molar-refractivity contribution is 6.16. The molecule has 0 unspecified atom stereocenters. The summed E-state index contributed by atoms with van der Waals surface area (Å²) in [6.07, 6.45) is 6.00. The summed E-state index contributed by atoms with van der Waals surface area (Å²) in [6, 6.07) is 1.85. The summed E-state index contributed by atoms with van der Waals surface area (Å²) in [5.41, 5.74) is 0.937. The number of hydrogen-bond acceptors (Lipinski definition) is 3. The largest absolute Gasteiger partial charge is 0.370 e. The second-order valence-electron chi connectivity index (χ2n) is 5.87. The van der Waals surface area contributed by atoms with Crippen LogP contribution in [0.3, 0.4) is 0 Å². The van der Waals surface area contributed by atoms with Crippen LogP contribution in [0.4, 0.5) is 0 Å². The second-order valence-corrected chi connectivity index (χ2v) is 6.14. The Labute approximate surface area is 114 Å². The number of methoxy groups -OCH3 is 1. The van der Waals surface area contributed by atoms with Gasteiger partial charge in [-0.3, -0.25) is 0 Å². The van der Waals surface area contributed by atoms with E-state index < -0.39 is 0 Å². The highest BCUT2D eigenvalue weighted by atomic mass is 35.5. The van der Waals surface area contributed by atoms with Gasteiger partial charge in [0.25, 0.3) is 0 Å². The molecule has 0 bridgehead atoms. The summed E-state index contributed by atoms with van der Waals surface area (Å²) < 4.78 is 5.79. The SMILES string of the molecule is COC1(c2nccc(CCl)n2)CCC(C)(C)CC1. The van der Waals surface area contributed by atoms with Crippen LogP contribution in [0.25, 0.3) is 0 Å². The minimum absolute atomic E-state index is 0.322. The molecule has 1 aliphatic carbocycles. The van der Waals surface area contributed by atoms with E-state index >= 15 is 0 Å². The van der Waals surface area contributed by atoms with E-state index in [-0.39, 0.29) is 5.60 Å². The van der Waals surface area contributed by atoms with Gasteiger partial charge < -0.3 is 4.74 Å². The van der Waals surface area contributed by atoms with Crippen LogP contribution >= 0.6 is 11.6 Å². The quantitative estimate of drug-likeness (QED) is 0.785. The molecule has 0 aliphatic heterocycles. The first-order valence-corrected chi connectivity index (χ1v) is 6.98. The van der Waals surface area contributed by atoms with Crippen LogP contribution in [0.2, 0.25) is 0 Å². The normalized spacial score (nSPS) is 21.8. The first kappa shape index (κ1) is 13.8. The molecule has 2 rings (SSSR count). The molecule has 0 amide bonds. The molecular weight excluding hydrogens is 248 g/mol. The molecule has 1 aromatic heterocycles. The third kappa shape index (κ3) is 2.67. The van der Waals surface area contributed by atoms with Crippen molar-refractivity contribution in [1.82, 2.24) is 9.97 Å². The fraction of sp³-hybridized carbons (Fsp3) is 0.714. The molecule has 1 heterocycles. The van der Waals surface area contributed by atoms with Gasteiger partial charge in [-0.1, -0.05) is 13.8 Å². The first-order chi connectivity index (χ1) is 8.51. The van der Waals surface area contributed by atoms with Crippen molar-refractivity contribution in [3.63, 3.8) is 0 Å². The smallest absolute Gasteiger partial charge is 0.160 e. The monoisotopic (exact) mass is 268 g/mol. The number of rotatable bonds is 3. The molecule has 4 heteroatoms. The molecule has 1 aromatic rings. The molecule has 100 valence electrons. The van der Waals surface area contributed by atoms with Crippen LogP contribution in [0.1, 0.15) is 51.0 Å². The molecule has 0 saturated heterocycles. The fourth-order valence-corrected chi connectivity index (χ4v) is 2.69. The summed E-state index contributed by atoms with van der Waals surface area (Å²) in [5.74, 6) is 1.21. The number of nitrogens with zero attached hydrogens (tertiary/aromatic N) is 2. The zero-order valence-electron chi connectivity index (χ0n) is 11.4. The van der Waals surface area contributed by atoms with Crippen molar-refractivity contribution >= 4 is 11.6 Å². The predicted molar refractivity (Wildman–Crippen MR) is 72.5 cm³/mol. The Hall–Kier alpha value is -0.670. The van der Waals surface area contributed by atoms with Gasteiger partial charge in [0.05, 0.1) is 11.6 Å². The van der Waals surface area contributed by atoms with Crippen LogP contribution in [-0.4, -0.2) is 17.1 Å². The van der Waals surface area contributed by atoms with Gasteiger partial charge in [0.1, 0.15) is 5.60 Å². The van der Waals surface area contributed by atoms with Crippen molar-refractivity contribution in [2.75, 3.05) is 7.11 Å². The lowest BCUT2D eigenvalue weighted by Gasteiger charge is -2.41. The number of hydrogen-bond donors (Lipinski definition) is 0. The van der Waals surface area contributed by atoms with Crippen molar-refractivity contribution in [2.24, 2.45) is 5.41 Å². The number of halogens is 1. The van der Waals surface area contributed by atoms with Crippen molar-refractivity contribution in [3.05, 3.63) is 23.8 Å². The molecule has 3 nitrogen and oxygen atoms in total. The van der Waals surface area contributed by atoms with Gasteiger partial charge >= 0.3 is 0 Å². The Morgan fingerprint density at radius 1 is 1.28 bits per heavy atom. The average molecular weight is 269 g/mol. The van der Waals surface area contributed by atoms with Gasteiger partial charge in [-0.05, 0) is 37.2 Å². The van der Waals surface area contributed by atoms with E-state index in [1.54, 1.807) is 13.3 Å². The summed E-state index contributed by atoms with van der Waals surface area (Å²) in [6.45, 7) is 4.62. The zero-order chi connectivity index (χ0) is 13.2. The Kier molecular flexibility index (Phi) is 3.93. The Bertz CT molecular complexity index is 410. The van der Waals surface area contributed by atoms with Crippen molar-refractivity contribution < 1.29 is 4.74 Å². The third-order valence-corrected chi connectivity index (χ3v) is 4.33. The van der Waals surface area contributed by atoms with Crippen LogP contribution in [0.15, 0.2) is 12.3 Å². The standard InChI is InChI=1S/C14H21ClN2O/c1-13(2)5-7-14(18-3,8-6-13)12-16-9-4-11(10-15)17-12/h4,9H,5-8,10H2,1-3H3. The molecule has 1 saturated carbocycles. The summed E-state index contributed by atoms with van der Waals surface area (Å²) in [7, 11) is 1.76. The fourth-order valence-electron chi connectivity index (χ4n) is 2.54. The molecule has 0 spiro atoms. The summed E-state index contributed by atoms with van der Waals surface area (Å²) >= 11 is 5.84. The Morgan fingerprint density at radius 2 is 1.94 bits per heavy atom. The number of aromatic nitrogens is 2. The maximum absolute atomic E-state index is 5.84. The van der Waals surface area contributed by atoms with E-state index in [4.69, 9.17) is 16.3 Å². The lowest BCUT2D eigenvalue weighted by Crippen LogP contribution is -2.38. The van der Waals surface area contributed by atoms with Crippen molar-refractivity contribution in [1.29, 1.82) is 0 Å². The van der Waals surface area contributed by atoms with Crippen LogP contribution in [0.5, 0.6) is 0 Å².